The van der Waals surface area contributed by atoms with E-state index in [4.69, 9.17) is 26.8 Å². The fourth-order valence-electron chi connectivity index (χ4n) is 1.63. The molecule has 0 saturated heterocycles. The van der Waals surface area contributed by atoms with Gasteiger partial charge >= 0.3 is 0 Å². The molecule has 0 aromatic heterocycles. The van der Waals surface area contributed by atoms with Crippen LogP contribution >= 0.6 is 11.6 Å². The highest BCUT2D eigenvalue weighted by Gasteiger charge is 2.17. The molecule has 112 valence electrons. The fraction of sp³-hybridized carbons (Fsp3) is 0.500. The average molecular weight is 301 g/mol. The molecule has 0 aliphatic heterocycles. The Kier molecular flexibility index (Phi) is 6.61. The van der Waals surface area contributed by atoms with Crippen molar-refractivity contribution in [3.05, 3.63) is 22.7 Å². The zero-order valence-corrected chi connectivity index (χ0v) is 12.8. The van der Waals surface area contributed by atoms with Crippen LogP contribution in [0.2, 0.25) is 5.02 Å². The van der Waals surface area contributed by atoms with Gasteiger partial charge in [-0.05, 0) is 37.6 Å². The predicted octanol–water partition coefficient (Wildman–Crippen LogP) is 2.10. The first-order valence-corrected chi connectivity index (χ1v) is 6.90. The van der Waals surface area contributed by atoms with Gasteiger partial charge in [-0.15, -0.1) is 0 Å². The van der Waals surface area contributed by atoms with Gasteiger partial charge in [-0.25, -0.2) is 0 Å². The Morgan fingerprint density at radius 2 is 2.20 bits per heavy atom. The van der Waals surface area contributed by atoms with Crippen molar-refractivity contribution in [3.63, 3.8) is 0 Å². The van der Waals surface area contributed by atoms with E-state index < -0.39 is 12.0 Å². The number of ether oxygens (including phenoxy) is 2. The summed E-state index contributed by atoms with van der Waals surface area (Å²) in [7, 11) is 1.52. The molecule has 0 fully saturated rings. The molecule has 6 heteroatoms. The Morgan fingerprint density at radius 3 is 2.75 bits per heavy atom. The third kappa shape index (κ3) is 4.58. The van der Waals surface area contributed by atoms with Gasteiger partial charge in [0.25, 0.3) is 5.91 Å². The molecular weight excluding hydrogens is 280 g/mol. The third-order valence-corrected chi connectivity index (χ3v) is 3.02. The Labute approximate surface area is 124 Å². The number of carbonyl (C=O) groups excluding carboxylic acids is 1. The van der Waals surface area contributed by atoms with Crippen LogP contribution in [0, 0.1) is 0 Å². The van der Waals surface area contributed by atoms with E-state index in [1.165, 1.54) is 7.11 Å². The largest absolute Gasteiger partial charge is 0.493 e. The smallest absolute Gasteiger partial charge is 0.258 e. The summed E-state index contributed by atoms with van der Waals surface area (Å²) in [5, 5.41) is 3.67. The summed E-state index contributed by atoms with van der Waals surface area (Å²) in [6.07, 6.45) is 0.285. The minimum absolute atomic E-state index is 0.333. The van der Waals surface area contributed by atoms with Crippen LogP contribution in [-0.4, -0.2) is 25.7 Å². The van der Waals surface area contributed by atoms with E-state index >= 15 is 0 Å². The Morgan fingerprint density at radius 1 is 1.50 bits per heavy atom. The summed E-state index contributed by atoms with van der Waals surface area (Å²) >= 11 is 6.19. The summed E-state index contributed by atoms with van der Waals surface area (Å²) in [4.78, 5) is 11.1. The van der Waals surface area contributed by atoms with Crippen LogP contribution in [0.25, 0.3) is 0 Å². The average Bonchev–Trinajstić information content (AvgIpc) is 2.41. The van der Waals surface area contributed by atoms with E-state index in [-0.39, 0.29) is 0 Å². The number of benzene rings is 1. The topological polar surface area (TPSA) is 73.6 Å². The molecule has 0 heterocycles. The van der Waals surface area contributed by atoms with E-state index in [0.29, 0.717) is 23.1 Å². The maximum Gasteiger partial charge on any atom is 0.258 e. The molecule has 0 radical (unpaired) electrons. The van der Waals surface area contributed by atoms with Crippen molar-refractivity contribution in [1.29, 1.82) is 0 Å². The van der Waals surface area contributed by atoms with Gasteiger partial charge in [0.2, 0.25) is 0 Å². The molecule has 20 heavy (non-hydrogen) atoms. The number of hydrogen-bond donors (Lipinski definition) is 2. The molecule has 5 nitrogen and oxygen atoms in total. The summed E-state index contributed by atoms with van der Waals surface area (Å²) in [6.45, 7) is 5.28. The maximum atomic E-state index is 11.1. The van der Waals surface area contributed by atoms with E-state index in [2.05, 4.69) is 12.2 Å². The van der Waals surface area contributed by atoms with Crippen molar-refractivity contribution in [2.75, 3.05) is 13.7 Å². The Hall–Kier alpha value is -1.46. The lowest BCUT2D eigenvalue weighted by atomic mass is 10.2. The first-order valence-electron chi connectivity index (χ1n) is 6.52. The monoisotopic (exact) mass is 300 g/mol. The van der Waals surface area contributed by atoms with Gasteiger partial charge in [0.1, 0.15) is 0 Å². The van der Waals surface area contributed by atoms with Gasteiger partial charge in [-0.3, -0.25) is 4.79 Å². The second kappa shape index (κ2) is 7.97. The number of rotatable bonds is 8. The van der Waals surface area contributed by atoms with Crippen LogP contribution in [0.15, 0.2) is 12.1 Å². The molecule has 1 atom stereocenters. The predicted molar refractivity (Wildman–Crippen MR) is 79.3 cm³/mol. The number of methoxy groups -OCH3 is 1. The highest BCUT2D eigenvalue weighted by molar-refractivity contribution is 6.32. The number of amides is 1. The lowest BCUT2D eigenvalue weighted by Gasteiger charge is -2.17. The summed E-state index contributed by atoms with van der Waals surface area (Å²) < 4.78 is 10.7. The molecule has 1 aromatic rings. The van der Waals surface area contributed by atoms with Crippen molar-refractivity contribution in [3.8, 4) is 11.5 Å². The van der Waals surface area contributed by atoms with Gasteiger partial charge < -0.3 is 20.5 Å². The van der Waals surface area contributed by atoms with Crippen LogP contribution in [0.4, 0.5) is 0 Å². The summed E-state index contributed by atoms with van der Waals surface area (Å²) in [5.41, 5.74) is 6.16. The van der Waals surface area contributed by atoms with Gasteiger partial charge in [0, 0.05) is 6.54 Å². The molecule has 1 aromatic carbocycles. The molecule has 1 unspecified atom stereocenters. The molecule has 1 rings (SSSR count). The number of carbonyl (C=O) groups is 1. The number of primary amides is 1. The van der Waals surface area contributed by atoms with Crippen molar-refractivity contribution >= 4 is 17.5 Å². The van der Waals surface area contributed by atoms with Crippen LogP contribution in [-0.2, 0) is 11.3 Å². The zero-order chi connectivity index (χ0) is 15.1. The van der Waals surface area contributed by atoms with Crippen molar-refractivity contribution < 1.29 is 14.3 Å². The number of nitrogens with one attached hydrogen (secondary N) is 1. The van der Waals surface area contributed by atoms with Crippen molar-refractivity contribution in [2.45, 2.75) is 32.9 Å². The van der Waals surface area contributed by atoms with Crippen LogP contribution in [0.5, 0.6) is 11.5 Å². The number of halogens is 1. The van der Waals surface area contributed by atoms with E-state index in [1.54, 1.807) is 13.0 Å². The Bertz CT molecular complexity index is 466. The van der Waals surface area contributed by atoms with Gasteiger partial charge in [0.05, 0.1) is 12.1 Å². The van der Waals surface area contributed by atoms with Crippen molar-refractivity contribution in [1.82, 2.24) is 5.32 Å². The molecule has 0 aliphatic rings. The quantitative estimate of drug-likeness (QED) is 0.721. The molecular formula is C14H21ClN2O3. The summed E-state index contributed by atoms with van der Waals surface area (Å²) in [5.74, 6) is 0.260. The van der Waals surface area contributed by atoms with Crippen LogP contribution in [0.3, 0.4) is 0 Å². The van der Waals surface area contributed by atoms with Crippen LogP contribution < -0.4 is 20.5 Å². The summed E-state index contributed by atoms with van der Waals surface area (Å²) in [6, 6.07) is 3.62. The van der Waals surface area contributed by atoms with E-state index in [1.807, 2.05) is 6.07 Å². The first kappa shape index (κ1) is 16.6. The minimum Gasteiger partial charge on any atom is -0.493 e. The molecule has 0 spiro atoms. The van der Waals surface area contributed by atoms with Crippen LogP contribution in [0.1, 0.15) is 25.8 Å². The molecule has 1 amide bonds. The lowest BCUT2D eigenvalue weighted by Crippen LogP contribution is -2.30. The van der Waals surface area contributed by atoms with E-state index in [0.717, 1.165) is 18.5 Å². The van der Waals surface area contributed by atoms with Gasteiger partial charge in [0.15, 0.2) is 17.6 Å². The third-order valence-electron chi connectivity index (χ3n) is 2.74. The van der Waals surface area contributed by atoms with Crippen molar-refractivity contribution in [2.24, 2.45) is 5.73 Å². The normalized spacial score (nSPS) is 12.0. The second-order valence-corrected chi connectivity index (χ2v) is 4.86. The standard InChI is InChI=1S/C14H21ClN2O3/c1-4-5-17-8-10-6-11(15)13(12(7-10)19-3)20-9(2)14(16)18/h6-7,9,17H,4-5,8H2,1-3H3,(H2,16,18). The molecule has 0 aliphatic carbocycles. The molecule has 0 saturated carbocycles. The van der Waals surface area contributed by atoms with Gasteiger partial charge in [-0.2, -0.15) is 0 Å². The SMILES string of the molecule is CCCNCc1cc(Cl)c(OC(C)C(N)=O)c(OC)c1. The minimum atomic E-state index is -0.773. The fourth-order valence-corrected chi connectivity index (χ4v) is 1.91. The zero-order valence-electron chi connectivity index (χ0n) is 12.0. The number of hydrogen-bond acceptors (Lipinski definition) is 4. The highest BCUT2D eigenvalue weighted by Crippen LogP contribution is 2.37. The lowest BCUT2D eigenvalue weighted by molar-refractivity contribution is -0.124. The second-order valence-electron chi connectivity index (χ2n) is 4.45. The van der Waals surface area contributed by atoms with E-state index in [9.17, 15) is 4.79 Å². The first-order chi connectivity index (χ1) is 9.49. The van der Waals surface area contributed by atoms with Gasteiger partial charge in [-0.1, -0.05) is 18.5 Å². The maximum absolute atomic E-state index is 11.1. The molecule has 0 bridgehead atoms. The highest BCUT2D eigenvalue weighted by atomic mass is 35.5. The Balaban J connectivity index is 2.92. The molecule has 3 N–H and O–H groups in total. The number of nitrogens with two attached hydrogens (primary N) is 1.